The number of rotatable bonds is 4. The van der Waals surface area contributed by atoms with Crippen LogP contribution in [0, 0.1) is 12.3 Å². The first kappa shape index (κ1) is 12.2. The summed E-state index contributed by atoms with van der Waals surface area (Å²) in [7, 11) is 1.53. The maximum Gasteiger partial charge on any atom is 0.271 e. The standard InChI is InChI=1S/C11H12F2N2O/c1-3-6-14(2)11(16)9-5-4-7-15(9)8-10(12)13/h1,4-5,7,10H,6,8H2,2H3. The highest BCUT2D eigenvalue weighted by Gasteiger charge is 2.16. The third kappa shape index (κ3) is 2.83. The predicted molar refractivity (Wildman–Crippen MR) is 56.2 cm³/mol. The molecule has 1 aromatic rings. The van der Waals surface area contributed by atoms with Crippen molar-refractivity contribution in [2.45, 2.75) is 13.0 Å². The zero-order chi connectivity index (χ0) is 12.1. The minimum atomic E-state index is -2.49. The second-order valence-corrected chi connectivity index (χ2v) is 3.30. The number of carbonyl (C=O) groups excluding carboxylic acids is 1. The largest absolute Gasteiger partial charge is 0.338 e. The van der Waals surface area contributed by atoms with E-state index >= 15 is 0 Å². The molecule has 0 aliphatic heterocycles. The van der Waals surface area contributed by atoms with Crippen LogP contribution in [0.2, 0.25) is 0 Å². The Kier molecular flexibility index (Phi) is 4.06. The maximum atomic E-state index is 12.2. The molecule has 0 aliphatic carbocycles. The lowest BCUT2D eigenvalue weighted by Gasteiger charge is -2.15. The Morgan fingerprint density at radius 2 is 2.38 bits per heavy atom. The molecule has 0 N–H and O–H groups in total. The number of carbonyl (C=O) groups is 1. The van der Waals surface area contributed by atoms with Crippen molar-refractivity contribution in [3.05, 3.63) is 24.0 Å². The first-order valence-corrected chi connectivity index (χ1v) is 4.68. The summed E-state index contributed by atoms with van der Waals surface area (Å²) in [5.74, 6) is 1.96. The lowest BCUT2D eigenvalue weighted by molar-refractivity contribution is 0.0791. The number of terminal acetylenes is 1. The normalized spacial score (nSPS) is 10.2. The molecule has 0 radical (unpaired) electrons. The average Bonchev–Trinajstić information content (AvgIpc) is 2.64. The molecule has 0 atom stereocenters. The molecule has 86 valence electrons. The van der Waals surface area contributed by atoms with Gasteiger partial charge in [-0.05, 0) is 12.1 Å². The second kappa shape index (κ2) is 5.31. The molecular formula is C11H12F2N2O. The lowest BCUT2D eigenvalue weighted by Crippen LogP contribution is -2.29. The fourth-order valence-corrected chi connectivity index (χ4v) is 1.32. The number of amides is 1. The number of hydrogen-bond donors (Lipinski definition) is 0. The molecular weight excluding hydrogens is 214 g/mol. The molecule has 1 heterocycles. The van der Waals surface area contributed by atoms with Crippen LogP contribution in [0.3, 0.4) is 0 Å². The molecule has 1 aromatic heterocycles. The average molecular weight is 226 g/mol. The minimum absolute atomic E-state index is 0.151. The summed E-state index contributed by atoms with van der Waals surface area (Å²) in [6, 6.07) is 3.05. The monoisotopic (exact) mass is 226 g/mol. The molecule has 0 aromatic carbocycles. The summed E-state index contributed by atoms with van der Waals surface area (Å²) in [6.07, 6.45) is 4.03. The molecule has 0 fully saturated rings. The van der Waals surface area contributed by atoms with Crippen LogP contribution in [0.4, 0.5) is 8.78 Å². The van der Waals surface area contributed by atoms with Crippen LogP contribution in [0.1, 0.15) is 10.5 Å². The minimum Gasteiger partial charge on any atom is -0.338 e. The van der Waals surface area contributed by atoms with Gasteiger partial charge in [-0.1, -0.05) is 5.92 Å². The second-order valence-electron chi connectivity index (χ2n) is 3.30. The molecule has 0 saturated carbocycles. The van der Waals surface area contributed by atoms with Crippen LogP contribution >= 0.6 is 0 Å². The van der Waals surface area contributed by atoms with Crippen molar-refractivity contribution in [2.24, 2.45) is 0 Å². The summed E-state index contributed by atoms with van der Waals surface area (Å²) in [6.45, 7) is -0.337. The van der Waals surface area contributed by atoms with E-state index in [4.69, 9.17) is 6.42 Å². The van der Waals surface area contributed by atoms with Gasteiger partial charge in [-0.25, -0.2) is 8.78 Å². The van der Waals surface area contributed by atoms with Gasteiger partial charge in [-0.2, -0.15) is 0 Å². The van der Waals surface area contributed by atoms with Crippen LogP contribution in [-0.2, 0) is 6.54 Å². The summed E-state index contributed by atoms with van der Waals surface area (Å²) < 4.78 is 25.6. The zero-order valence-electron chi connectivity index (χ0n) is 8.86. The van der Waals surface area contributed by atoms with Crippen molar-refractivity contribution in [2.75, 3.05) is 13.6 Å². The zero-order valence-corrected chi connectivity index (χ0v) is 8.86. The van der Waals surface area contributed by atoms with Gasteiger partial charge in [-0.15, -0.1) is 6.42 Å². The van der Waals surface area contributed by atoms with E-state index in [1.165, 1.54) is 28.8 Å². The van der Waals surface area contributed by atoms with Crippen LogP contribution in [0.5, 0.6) is 0 Å². The molecule has 5 heteroatoms. The van der Waals surface area contributed by atoms with Gasteiger partial charge in [0.15, 0.2) is 0 Å². The highest BCUT2D eigenvalue weighted by molar-refractivity contribution is 5.92. The Labute approximate surface area is 92.7 Å². The molecule has 0 aliphatic rings. The molecule has 3 nitrogen and oxygen atoms in total. The van der Waals surface area contributed by atoms with E-state index in [-0.39, 0.29) is 18.1 Å². The smallest absolute Gasteiger partial charge is 0.271 e. The number of alkyl halides is 2. The van der Waals surface area contributed by atoms with Crippen LogP contribution < -0.4 is 0 Å². The number of hydrogen-bond acceptors (Lipinski definition) is 1. The fourth-order valence-electron chi connectivity index (χ4n) is 1.32. The Hall–Kier alpha value is -1.83. The maximum absolute atomic E-state index is 12.2. The van der Waals surface area contributed by atoms with Gasteiger partial charge in [0.25, 0.3) is 12.3 Å². The van der Waals surface area contributed by atoms with Gasteiger partial charge >= 0.3 is 0 Å². The van der Waals surface area contributed by atoms with Crippen molar-refractivity contribution >= 4 is 5.91 Å². The Morgan fingerprint density at radius 1 is 1.69 bits per heavy atom. The Balaban J connectivity index is 2.84. The molecule has 1 rings (SSSR count). The third-order valence-corrected chi connectivity index (χ3v) is 2.06. The van der Waals surface area contributed by atoms with Crippen LogP contribution in [0.25, 0.3) is 0 Å². The lowest BCUT2D eigenvalue weighted by atomic mass is 10.3. The SMILES string of the molecule is C#CCN(C)C(=O)c1cccn1CC(F)F. The van der Waals surface area contributed by atoms with Crippen LogP contribution in [-0.4, -0.2) is 35.4 Å². The van der Waals surface area contributed by atoms with Gasteiger partial charge in [-0.3, -0.25) is 4.79 Å². The molecule has 0 spiro atoms. The Bertz CT molecular complexity index is 406. The number of aromatic nitrogens is 1. The van der Waals surface area contributed by atoms with E-state index in [1.54, 1.807) is 6.07 Å². The topological polar surface area (TPSA) is 25.2 Å². The summed E-state index contributed by atoms with van der Waals surface area (Å²) >= 11 is 0. The van der Waals surface area contributed by atoms with Gasteiger partial charge in [0, 0.05) is 13.2 Å². The van der Waals surface area contributed by atoms with Crippen molar-refractivity contribution in [1.82, 2.24) is 9.47 Å². The van der Waals surface area contributed by atoms with Gasteiger partial charge in [0.2, 0.25) is 0 Å². The number of halogens is 2. The highest BCUT2D eigenvalue weighted by atomic mass is 19.3. The highest BCUT2D eigenvalue weighted by Crippen LogP contribution is 2.08. The molecule has 1 amide bonds. The van der Waals surface area contributed by atoms with Crippen molar-refractivity contribution in [1.29, 1.82) is 0 Å². The van der Waals surface area contributed by atoms with Crippen molar-refractivity contribution < 1.29 is 13.6 Å². The number of nitrogens with zero attached hydrogens (tertiary/aromatic N) is 2. The molecule has 0 bridgehead atoms. The van der Waals surface area contributed by atoms with E-state index in [0.717, 1.165) is 0 Å². The molecule has 16 heavy (non-hydrogen) atoms. The summed E-state index contributed by atoms with van der Waals surface area (Å²) in [4.78, 5) is 13.1. The Morgan fingerprint density at radius 3 is 2.94 bits per heavy atom. The summed E-state index contributed by atoms with van der Waals surface area (Å²) in [5, 5.41) is 0. The molecule has 0 unspecified atom stereocenters. The van der Waals surface area contributed by atoms with E-state index in [1.807, 2.05) is 0 Å². The van der Waals surface area contributed by atoms with Gasteiger partial charge < -0.3 is 9.47 Å². The quantitative estimate of drug-likeness (QED) is 0.713. The van der Waals surface area contributed by atoms with E-state index in [0.29, 0.717) is 0 Å². The van der Waals surface area contributed by atoms with Crippen molar-refractivity contribution in [3.8, 4) is 12.3 Å². The van der Waals surface area contributed by atoms with Gasteiger partial charge in [0.1, 0.15) is 5.69 Å². The summed E-state index contributed by atoms with van der Waals surface area (Å²) in [5.41, 5.74) is 0.220. The van der Waals surface area contributed by atoms with E-state index < -0.39 is 13.0 Å². The van der Waals surface area contributed by atoms with Gasteiger partial charge in [0.05, 0.1) is 13.1 Å². The van der Waals surface area contributed by atoms with E-state index in [9.17, 15) is 13.6 Å². The van der Waals surface area contributed by atoms with Crippen molar-refractivity contribution in [3.63, 3.8) is 0 Å². The molecule has 0 saturated heterocycles. The van der Waals surface area contributed by atoms with E-state index in [2.05, 4.69) is 5.92 Å². The first-order chi connectivity index (χ1) is 7.56. The predicted octanol–water partition coefficient (Wildman–Crippen LogP) is 1.46. The first-order valence-electron chi connectivity index (χ1n) is 4.68. The van der Waals surface area contributed by atoms with Crippen LogP contribution in [0.15, 0.2) is 18.3 Å². The third-order valence-electron chi connectivity index (χ3n) is 2.06. The fraction of sp³-hybridized carbons (Fsp3) is 0.364.